The van der Waals surface area contributed by atoms with Gasteiger partial charge in [-0.3, -0.25) is 9.69 Å². The zero-order valence-electron chi connectivity index (χ0n) is 20.5. The highest BCUT2D eigenvalue weighted by Crippen LogP contribution is 2.19. The molecular weight excluding hydrogens is 410 g/mol. The van der Waals surface area contributed by atoms with Crippen LogP contribution in [-0.2, 0) is 4.79 Å². The maximum Gasteiger partial charge on any atom is 0.222 e. The molecule has 0 aliphatic carbocycles. The minimum absolute atomic E-state index is 0.316. The molecule has 0 radical (unpaired) electrons. The Hall–Kier alpha value is -2.60. The molecule has 1 aromatic carbocycles. The number of piperidine rings is 1. The van der Waals surface area contributed by atoms with Gasteiger partial charge in [-0.05, 0) is 75.9 Å². The molecule has 0 atom stereocenters. The average Bonchev–Trinajstić information content (AvgIpc) is 2.83. The summed E-state index contributed by atoms with van der Waals surface area (Å²) < 4.78 is 0. The van der Waals surface area contributed by atoms with E-state index in [2.05, 4.69) is 76.1 Å². The Morgan fingerprint density at radius 3 is 2.33 bits per heavy atom. The van der Waals surface area contributed by atoms with Gasteiger partial charge in [0.05, 0.1) is 0 Å². The van der Waals surface area contributed by atoms with E-state index in [0.717, 1.165) is 70.9 Å². The summed E-state index contributed by atoms with van der Waals surface area (Å²) in [5.41, 5.74) is 5.10. The number of nitrogens with one attached hydrogen (secondary N) is 1. The number of aryl methyl sites for hydroxylation is 3. The SMILES string of the molecule is Cc1ccc(N2CCN(CCCC(=O)N3CCC(Nc4cc(C)c(C)cn4)CC3)CC2)cc1. The molecule has 3 heterocycles. The van der Waals surface area contributed by atoms with Crippen molar-refractivity contribution in [2.75, 3.05) is 56.0 Å². The van der Waals surface area contributed by atoms with E-state index in [9.17, 15) is 4.79 Å². The van der Waals surface area contributed by atoms with Crippen LogP contribution in [0.25, 0.3) is 0 Å². The van der Waals surface area contributed by atoms with E-state index in [4.69, 9.17) is 0 Å². The van der Waals surface area contributed by atoms with Crippen molar-refractivity contribution in [1.82, 2.24) is 14.8 Å². The first kappa shape index (κ1) is 23.6. The third-order valence-electron chi connectivity index (χ3n) is 7.21. The third-order valence-corrected chi connectivity index (χ3v) is 7.21. The number of hydrogen-bond acceptors (Lipinski definition) is 5. The van der Waals surface area contributed by atoms with Crippen molar-refractivity contribution in [1.29, 1.82) is 0 Å². The van der Waals surface area contributed by atoms with Crippen molar-refractivity contribution in [3.8, 4) is 0 Å². The number of anilines is 2. The number of benzene rings is 1. The lowest BCUT2D eigenvalue weighted by molar-refractivity contribution is -0.132. The van der Waals surface area contributed by atoms with E-state index < -0.39 is 0 Å². The van der Waals surface area contributed by atoms with Gasteiger partial charge in [-0.15, -0.1) is 0 Å². The quantitative estimate of drug-likeness (QED) is 0.692. The number of nitrogens with zero attached hydrogens (tertiary/aromatic N) is 4. The second kappa shape index (κ2) is 11.0. The van der Waals surface area contributed by atoms with Crippen molar-refractivity contribution in [3.63, 3.8) is 0 Å². The van der Waals surface area contributed by atoms with Crippen LogP contribution in [0.3, 0.4) is 0 Å². The Labute approximate surface area is 199 Å². The minimum Gasteiger partial charge on any atom is -0.369 e. The molecule has 0 spiro atoms. The van der Waals surface area contributed by atoms with Gasteiger partial charge in [-0.1, -0.05) is 17.7 Å². The van der Waals surface area contributed by atoms with Crippen molar-refractivity contribution < 1.29 is 4.79 Å². The molecule has 0 bridgehead atoms. The number of rotatable bonds is 7. The molecule has 2 fully saturated rings. The molecule has 1 amide bonds. The van der Waals surface area contributed by atoms with E-state index in [1.165, 1.54) is 22.4 Å². The monoisotopic (exact) mass is 449 g/mol. The average molecular weight is 450 g/mol. The van der Waals surface area contributed by atoms with Gasteiger partial charge in [0.15, 0.2) is 0 Å². The maximum atomic E-state index is 12.7. The number of likely N-dealkylation sites (tertiary alicyclic amines) is 1. The van der Waals surface area contributed by atoms with E-state index >= 15 is 0 Å². The number of carbonyl (C=O) groups is 1. The lowest BCUT2D eigenvalue weighted by atomic mass is 10.0. The van der Waals surface area contributed by atoms with Crippen LogP contribution in [0, 0.1) is 20.8 Å². The standard InChI is InChI=1S/C27H39N5O/c1-21-6-8-25(9-7-21)31-17-15-30(16-18-31)12-4-5-27(33)32-13-10-24(11-14-32)29-26-19-22(2)23(3)20-28-26/h6-9,19-20,24H,4-5,10-18H2,1-3H3,(H,28,29). The molecule has 6 nitrogen and oxygen atoms in total. The van der Waals surface area contributed by atoms with Crippen LogP contribution in [0.15, 0.2) is 36.5 Å². The van der Waals surface area contributed by atoms with Gasteiger partial charge in [0.2, 0.25) is 5.91 Å². The van der Waals surface area contributed by atoms with Crippen LogP contribution >= 0.6 is 0 Å². The van der Waals surface area contributed by atoms with Crippen LogP contribution in [0.4, 0.5) is 11.5 Å². The molecule has 2 saturated heterocycles. The summed E-state index contributed by atoms with van der Waals surface area (Å²) in [6, 6.07) is 11.3. The summed E-state index contributed by atoms with van der Waals surface area (Å²) in [6.45, 7) is 13.3. The maximum absolute atomic E-state index is 12.7. The number of amides is 1. The molecule has 2 aliphatic rings. The van der Waals surface area contributed by atoms with Crippen LogP contribution < -0.4 is 10.2 Å². The highest BCUT2D eigenvalue weighted by atomic mass is 16.2. The lowest BCUT2D eigenvalue weighted by Gasteiger charge is -2.36. The fourth-order valence-corrected chi connectivity index (χ4v) is 4.78. The smallest absolute Gasteiger partial charge is 0.222 e. The van der Waals surface area contributed by atoms with E-state index in [1.54, 1.807) is 0 Å². The molecule has 1 N–H and O–H groups in total. The predicted octanol–water partition coefficient (Wildman–Crippen LogP) is 4.01. The summed E-state index contributed by atoms with van der Waals surface area (Å²) in [5, 5.41) is 3.55. The Balaban J connectivity index is 1.12. The van der Waals surface area contributed by atoms with Crippen molar-refractivity contribution in [3.05, 3.63) is 53.2 Å². The zero-order valence-corrected chi connectivity index (χ0v) is 20.5. The summed E-state index contributed by atoms with van der Waals surface area (Å²) in [6.07, 6.45) is 5.52. The molecule has 178 valence electrons. The molecule has 33 heavy (non-hydrogen) atoms. The fourth-order valence-electron chi connectivity index (χ4n) is 4.78. The van der Waals surface area contributed by atoms with Crippen molar-refractivity contribution >= 4 is 17.4 Å². The van der Waals surface area contributed by atoms with Gasteiger partial charge in [0.25, 0.3) is 0 Å². The minimum atomic E-state index is 0.316. The van der Waals surface area contributed by atoms with Crippen LogP contribution in [0.2, 0.25) is 0 Å². The lowest BCUT2D eigenvalue weighted by Crippen LogP contribution is -2.47. The topological polar surface area (TPSA) is 51.7 Å². The van der Waals surface area contributed by atoms with Crippen LogP contribution in [0.5, 0.6) is 0 Å². The van der Waals surface area contributed by atoms with Gasteiger partial charge in [-0.2, -0.15) is 0 Å². The summed E-state index contributed by atoms with van der Waals surface area (Å²) >= 11 is 0. The Morgan fingerprint density at radius 2 is 1.67 bits per heavy atom. The first-order chi connectivity index (χ1) is 16.0. The summed E-state index contributed by atoms with van der Waals surface area (Å²) in [4.78, 5) is 24.2. The van der Waals surface area contributed by atoms with Gasteiger partial charge >= 0.3 is 0 Å². The van der Waals surface area contributed by atoms with Crippen LogP contribution in [-0.4, -0.2) is 72.5 Å². The number of aromatic nitrogens is 1. The zero-order chi connectivity index (χ0) is 23.2. The Kier molecular flexibility index (Phi) is 7.86. The molecule has 4 rings (SSSR count). The largest absolute Gasteiger partial charge is 0.369 e. The molecule has 6 heteroatoms. The molecule has 0 unspecified atom stereocenters. The van der Waals surface area contributed by atoms with Crippen molar-refractivity contribution in [2.45, 2.75) is 52.5 Å². The van der Waals surface area contributed by atoms with Gasteiger partial charge in [-0.25, -0.2) is 4.98 Å². The van der Waals surface area contributed by atoms with Gasteiger partial charge in [0, 0.05) is 63.6 Å². The molecule has 2 aromatic rings. The number of piperazine rings is 1. The fraction of sp³-hybridized carbons (Fsp3) is 0.556. The van der Waals surface area contributed by atoms with Gasteiger partial charge in [0.1, 0.15) is 5.82 Å². The molecule has 1 aromatic heterocycles. The van der Waals surface area contributed by atoms with E-state index in [-0.39, 0.29) is 0 Å². The van der Waals surface area contributed by atoms with Crippen molar-refractivity contribution in [2.24, 2.45) is 0 Å². The second-order valence-electron chi connectivity index (χ2n) is 9.72. The Morgan fingerprint density at radius 1 is 0.970 bits per heavy atom. The number of pyridine rings is 1. The number of hydrogen-bond donors (Lipinski definition) is 1. The highest BCUT2D eigenvalue weighted by Gasteiger charge is 2.23. The summed E-state index contributed by atoms with van der Waals surface area (Å²) in [7, 11) is 0. The van der Waals surface area contributed by atoms with E-state index in [0.29, 0.717) is 18.4 Å². The highest BCUT2D eigenvalue weighted by molar-refractivity contribution is 5.76. The van der Waals surface area contributed by atoms with Crippen LogP contribution in [0.1, 0.15) is 42.4 Å². The molecule has 0 saturated carbocycles. The normalized spacial score (nSPS) is 17.9. The number of carbonyl (C=O) groups excluding carboxylic acids is 1. The first-order valence-electron chi connectivity index (χ1n) is 12.5. The summed E-state index contributed by atoms with van der Waals surface area (Å²) in [5.74, 6) is 1.27. The first-order valence-corrected chi connectivity index (χ1v) is 12.5. The van der Waals surface area contributed by atoms with Gasteiger partial charge < -0.3 is 15.1 Å². The second-order valence-corrected chi connectivity index (χ2v) is 9.72. The van der Waals surface area contributed by atoms with E-state index in [1.807, 2.05) is 6.20 Å². The predicted molar refractivity (Wildman–Crippen MR) is 136 cm³/mol. The molecule has 2 aliphatic heterocycles. The third kappa shape index (κ3) is 6.47. The Bertz CT molecular complexity index is 913. The molecular formula is C27H39N5O.